The summed E-state index contributed by atoms with van der Waals surface area (Å²) >= 11 is 0. The molecule has 0 aliphatic carbocycles. The summed E-state index contributed by atoms with van der Waals surface area (Å²) in [4.78, 5) is 21.6. The number of rotatable bonds is 3. The number of carbonyl (C=O) groups is 2. The molecular weight excluding hydrogens is 287 g/mol. The zero-order chi connectivity index (χ0) is 15.6. The van der Waals surface area contributed by atoms with Gasteiger partial charge in [-0.05, 0) is 24.3 Å². The van der Waals surface area contributed by atoms with Crippen molar-refractivity contribution in [2.45, 2.75) is 19.0 Å². The summed E-state index contributed by atoms with van der Waals surface area (Å²) < 4.78 is 61.1. The molecule has 0 saturated heterocycles. The van der Waals surface area contributed by atoms with E-state index >= 15 is 0 Å². The molecule has 1 aromatic carbocycles. The molecule has 1 aromatic rings. The fourth-order valence-electron chi connectivity index (χ4n) is 1.18. The quantitative estimate of drug-likeness (QED) is 0.843. The van der Waals surface area contributed by atoms with Crippen molar-refractivity contribution in [2.75, 3.05) is 10.6 Å². The van der Waals surface area contributed by atoms with Crippen molar-refractivity contribution in [2.24, 2.45) is 0 Å². The minimum atomic E-state index is -5.97. The van der Waals surface area contributed by atoms with Gasteiger partial charge in [-0.1, -0.05) is 0 Å². The second-order valence-corrected chi connectivity index (χ2v) is 3.78. The predicted molar refractivity (Wildman–Crippen MR) is 60.4 cm³/mol. The molecule has 1 rings (SSSR count). The lowest BCUT2D eigenvalue weighted by molar-refractivity contribution is -0.267. The molecule has 0 bridgehead atoms. The second-order valence-electron chi connectivity index (χ2n) is 3.78. The fraction of sp³-hybridized carbons (Fsp3) is 0.273. The Balaban J connectivity index is 2.79. The van der Waals surface area contributed by atoms with E-state index in [0.29, 0.717) is 5.69 Å². The molecule has 0 aromatic heterocycles. The summed E-state index contributed by atoms with van der Waals surface area (Å²) in [5, 5.41) is 3.81. The Morgan fingerprint density at radius 3 is 1.65 bits per heavy atom. The van der Waals surface area contributed by atoms with Gasteiger partial charge in [-0.25, -0.2) is 0 Å². The Morgan fingerprint density at radius 2 is 1.30 bits per heavy atom. The van der Waals surface area contributed by atoms with Gasteiger partial charge >= 0.3 is 18.0 Å². The van der Waals surface area contributed by atoms with E-state index in [1.165, 1.54) is 24.4 Å². The van der Waals surface area contributed by atoms with E-state index in [9.17, 15) is 31.5 Å². The molecule has 4 nitrogen and oxygen atoms in total. The molecule has 0 fully saturated rings. The van der Waals surface area contributed by atoms with Gasteiger partial charge in [0.2, 0.25) is 5.91 Å². The maximum atomic E-state index is 12.7. The van der Waals surface area contributed by atoms with E-state index in [-0.39, 0.29) is 11.6 Å². The number of carbonyl (C=O) groups excluding carboxylic acids is 2. The Labute approximate surface area is 110 Å². The molecular formula is C11H9F5N2O2. The number of amides is 2. The highest BCUT2D eigenvalue weighted by atomic mass is 19.4. The zero-order valence-corrected chi connectivity index (χ0v) is 10.0. The van der Waals surface area contributed by atoms with E-state index in [2.05, 4.69) is 5.32 Å². The molecule has 20 heavy (non-hydrogen) atoms. The maximum absolute atomic E-state index is 12.7. The molecule has 0 aliphatic heterocycles. The Hall–Kier alpha value is -2.19. The maximum Gasteiger partial charge on any atom is 0.463 e. The molecule has 0 heterocycles. The van der Waals surface area contributed by atoms with E-state index in [4.69, 9.17) is 0 Å². The van der Waals surface area contributed by atoms with Crippen LogP contribution in [-0.4, -0.2) is 23.9 Å². The number of nitrogens with one attached hydrogen (secondary N) is 2. The summed E-state index contributed by atoms with van der Waals surface area (Å²) in [6.07, 6.45) is -5.97. The SMILES string of the molecule is CC(=O)Nc1ccc(NC(=O)C(F)(F)C(F)(F)F)cc1. The average Bonchev–Trinajstić information content (AvgIpc) is 2.29. The minimum Gasteiger partial charge on any atom is -0.326 e. The van der Waals surface area contributed by atoms with Gasteiger partial charge in [-0.2, -0.15) is 22.0 Å². The lowest BCUT2D eigenvalue weighted by atomic mass is 10.2. The zero-order valence-electron chi connectivity index (χ0n) is 10.0. The van der Waals surface area contributed by atoms with E-state index in [1.54, 1.807) is 0 Å². The number of hydrogen-bond acceptors (Lipinski definition) is 2. The average molecular weight is 296 g/mol. The first kappa shape index (κ1) is 15.9. The third-order valence-corrected chi connectivity index (χ3v) is 2.10. The van der Waals surface area contributed by atoms with Crippen molar-refractivity contribution in [3.63, 3.8) is 0 Å². The van der Waals surface area contributed by atoms with Crippen LogP contribution in [0.25, 0.3) is 0 Å². The highest BCUT2D eigenvalue weighted by molar-refractivity contribution is 5.97. The van der Waals surface area contributed by atoms with Gasteiger partial charge < -0.3 is 10.6 Å². The molecule has 0 radical (unpaired) electrons. The van der Waals surface area contributed by atoms with Crippen molar-refractivity contribution in [3.05, 3.63) is 24.3 Å². The van der Waals surface area contributed by atoms with Crippen molar-refractivity contribution in [1.29, 1.82) is 0 Å². The van der Waals surface area contributed by atoms with Crippen LogP contribution in [0.3, 0.4) is 0 Å². The summed E-state index contributed by atoms with van der Waals surface area (Å²) in [5.41, 5.74) is 0.0473. The lowest BCUT2D eigenvalue weighted by Crippen LogP contribution is -2.47. The summed E-state index contributed by atoms with van der Waals surface area (Å²) in [5.74, 6) is -8.34. The van der Waals surface area contributed by atoms with Crippen LogP contribution in [0.2, 0.25) is 0 Å². The van der Waals surface area contributed by atoms with Crippen LogP contribution in [0, 0.1) is 0 Å². The van der Waals surface area contributed by atoms with E-state index in [0.717, 1.165) is 12.1 Å². The predicted octanol–water partition coefficient (Wildman–Crippen LogP) is 2.78. The lowest BCUT2D eigenvalue weighted by Gasteiger charge is -2.18. The van der Waals surface area contributed by atoms with Crippen LogP contribution >= 0.6 is 0 Å². The highest BCUT2D eigenvalue weighted by Crippen LogP contribution is 2.36. The van der Waals surface area contributed by atoms with Gasteiger partial charge in [0, 0.05) is 18.3 Å². The first-order valence-electron chi connectivity index (χ1n) is 5.17. The van der Waals surface area contributed by atoms with Crippen LogP contribution in [0.4, 0.5) is 33.3 Å². The molecule has 0 aliphatic rings. The van der Waals surface area contributed by atoms with Gasteiger partial charge in [0.15, 0.2) is 0 Å². The van der Waals surface area contributed by atoms with Crippen LogP contribution < -0.4 is 10.6 Å². The summed E-state index contributed by atoms with van der Waals surface area (Å²) in [7, 11) is 0. The van der Waals surface area contributed by atoms with Crippen molar-refractivity contribution >= 4 is 23.2 Å². The number of anilines is 2. The minimum absolute atomic E-state index is 0.256. The first-order valence-corrected chi connectivity index (χ1v) is 5.17. The molecule has 9 heteroatoms. The molecule has 110 valence electrons. The third kappa shape index (κ3) is 3.65. The molecule has 0 spiro atoms. The van der Waals surface area contributed by atoms with E-state index in [1.807, 2.05) is 0 Å². The number of hydrogen-bond donors (Lipinski definition) is 2. The van der Waals surface area contributed by atoms with Gasteiger partial charge in [0.1, 0.15) is 0 Å². The van der Waals surface area contributed by atoms with Gasteiger partial charge in [0.05, 0.1) is 0 Å². The monoisotopic (exact) mass is 296 g/mol. The summed E-state index contributed by atoms with van der Waals surface area (Å²) in [6.45, 7) is 1.24. The molecule has 2 amide bonds. The first-order chi connectivity index (χ1) is 9.04. The summed E-state index contributed by atoms with van der Waals surface area (Å²) in [6, 6.07) is 4.64. The molecule has 0 unspecified atom stereocenters. The normalized spacial score (nSPS) is 11.9. The van der Waals surface area contributed by atoms with Gasteiger partial charge in [-0.15, -0.1) is 0 Å². The molecule has 0 atom stereocenters. The third-order valence-electron chi connectivity index (χ3n) is 2.10. The van der Waals surface area contributed by atoms with E-state index < -0.39 is 18.0 Å². The highest BCUT2D eigenvalue weighted by Gasteiger charge is 2.63. The standard InChI is InChI=1S/C11H9F5N2O2/c1-6(19)17-7-2-4-8(5-3-7)18-9(20)10(12,13)11(14,15)16/h2-5H,1H3,(H,17,19)(H,18,20). The van der Waals surface area contributed by atoms with Gasteiger partial charge in [0.25, 0.3) is 0 Å². The topological polar surface area (TPSA) is 58.2 Å². The second kappa shape index (κ2) is 5.43. The van der Waals surface area contributed by atoms with Crippen molar-refractivity contribution in [1.82, 2.24) is 0 Å². The smallest absolute Gasteiger partial charge is 0.326 e. The van der Waals surface area contributed by atoms with Crippen LogP contribution in [0.5, 0.6) is 0 Å². The van der Waals surface area contributed by atoms with Crippen LogP contribution in [0.1, 0.15) is 6.92 Å². The Morgan fingerprint density at radius 1 is 0.900 bits per heavy atom. The molecule has 2 N–H and O–H groups in total. The van der Waals surface area contributed by atoms with Crippen LogP contribution in [0.15, 0.2) is 24.3 Å². The van der Waals surface area contributed by atoms with Crippen LogP contribution in [-0.2, 0) is 9.59 Å². The molecule has 0 saturated carbocycles. The Bertz CT molecular complexity index is 511. The Kier molecular flexibility index (Phi) is 4.31. The van der Waals surface area contributed by atoms with Gasteiger partial charge in [-0.3, -0.25) is 9.59 Å². The van der Waals surface area contributed by atoms with Crippen molar-refractivity contribution in [3.8, 4) is 0 Å². The fourth-order valence-corrected chi connectivity index (χ4v) is 1.18. The largest absolute Gasteiger partial charge is 0.463 e. The number of benzene rings is 1. The number of halogens is 5. The van der Waals surface area contributed by atoms with Crippen molar-refractivity contribution < 1.29 is 31.5 Å². The number of alkyl halides is 5.